The Morgan fingerprint density at radius 3 is 2.58 bits per heavy atom. The SMILES string of the molecule is CSCC[C@@H](NC(N)=O)C(=O)O. The first-order valence-corrected chi connectivity index (χ1v) is 4.75. The standard InChI is InChI=1S/C6H12N2O3S/c1-12-3-2-4(5(9)10)8-6(7)11/h4H,2-3H2,1H3,(H,9,10)(H3,7,8,11)/t4-/m1/s1. The second kappa shape index (κ2) is 5.70. The highest BCUT2D eigenvalue weighted by Gasteiger charge is 2.17. The molecule has 0 spiro atoms. The van der Waals surface area contributed by atoms with E-state index in [0.717, 1.165) is 0 Å². The summed E-state index contributed by atoms with van der Waals surface area (Å²) in [5, 5.41) is 10.7. The first kappa shape index (κ1) is 11.1. The summed E-state index contributed by atoms with van der Waals surface area (Å²) in [6.45, 7) is 0. The Morgan fingerprint density at radius 2 is 2.25 bits per heavy atom. The molecule has 0 heterocycles. The number of hydrogen-bond acceptors (Lipinski definition) is 3. The summed E-state index contributed by atoms with van der Waals surface area (Å²) in [6, 6.07) is -1.67. The van der Waals surface area contributed by atoms with Crippen molar-refractivity contribution in [2.45, 2.75) is 12.5 Å². The molecule has 6 heteroatoms. The Morgan fingerprint density at radius 1 is 1.67 bits per heavy atom. The van der Waals surface area contributed by atoms with Crippen molar-refractivity contribution in [3.8, 4) is 0 Å². The Balaban J connectivity index is 3.87. The third-order valence-electron chi connectivity index (χ3n) is 1.23. The first-order chi connectivity index (χ1) is 5.57. The zero-order chi connectivity index (χ0) is 9.56. The highest BCUT2D eigenvalue weighted by molar-refractivity contribution is 7.98. The van der Waals surface area contributed by atoms with Crippen LogP contribution in [0.15, 0.2) is 0 Å². The molecule has 5 nitrogen and oxygen atoms in total. The number of thioether (sulfide) groups is 1. The molecule has 4 N–H and O–H groups in total. The van der Waals surface area contributed by atoms with Gasteiger partial charge in [0, 0.05) is 0 Å². The predicted octanol–water partition coefficient (Wildman–Crippen LogP) is -0.139. The van der Waals surface area contributed by atoms with Crippen LogP contribution in [0, 0.1) is 0 Å². The molecule has 0 saturated heterocycles. The fourth-order valence-corrected chi connectivity index (χ4v) is 1.14. The van der Waals surface area contributed by atoms with Gasteiger partial charge in [-0.05, 0) is 18.4 Å². The van der Waals surface area contributed by atoms with Crippen LogP contribution in [0.3, 0.4) is 0 Å². The van der Waals surface area contributed by atoms with Gasteiger partial charge in [-0.1, -0.05) is 0 Å². The molecule has 1 atom stereocenters. The van der Waals surface area contributed by atoms with Crippen molar-refractivity contribution in [3.05, 3.63) is 0 Å². The number of nitrogens with two attached hydrogens (primary N) is 1. The summed E-state index contributed by atoms with van der Waals surface area (Å²) in [4.78, 5) is 20.8. The van der Waals surface area contributed by atoms with Crippen LogP contribution in [0.1, 0.15) is 6.42 Å². The second-order valence-electron chi connectivity index (χ2n) is 2.18. The highest BCUT2D eigenvalue weighted by Crippen LogP contribution is 2.00. The van der Waals surface area contributed by atoms with E-state index in [1.54, 1.807) is 0 Å². The molecule has 0 rings (SSSR count). The molecule has 0 aromatic carbocycles. The highest BCUT2D eigenvalue weighted by atomic mass is 32.2. The van der Waals surface area contributed by atoms with Crippen LogP contribution in [-0.2, 0) is 4.79 Å². The quantitative estimate of drug-likeness (QED) is 0.565. The maximum Gasteiger partial charge on any atom is 0.326 e. The average molecular weight is 192 g/mol. The summed E-state index contributed by atoms with van der Waals surface area (Å²) in [5.41, 5.74) is 4.78. The summed E-state index contributed by atoms with van der Waals surface area (Å²) in [6.07, 6.45) is 2.25. The molecule has 0 aliphatic heterocycles. The van der Waals surface area contributed by atoms with E-state index in [2.05, 4.69) is 5.32 Å². The van der Waals surface area contributed by atoms with Gasteiger partial charge in [0.15, 0.2) is 0 Å². The van der Waals surface area contributed by atoms with Crippen LogP contribution < -0.4 is 11.1 Å². The van der Waals surface area contributed by atoms with Crippen LogP contribution in [-0.4, -0.2) is 35.2 Å². The minimum absolute atomic E-state index is 0.388. The van der Waals surface area contributed by atoms with Crippen LogP contribution >= 0.6 is 11.8 Å². The molecule has 0 aromatic rings. The number of amides is 2. The number of carboxylic acids is 1. The number of carboxylic acid groups (broad SMARTS) is 1. The Labute approximate surface area is 74.7 Å². The molecule has 2 amide bonds. The lowest BCUT2D eigenvalue weighted by atomic mass is 10.2. The van der Waals surface area contributed by atoms with Gasteiger partial charge in [-0.25, -0.2) is 9.59 Å². The number of carbonyl (C=O) groups is 2. The molecule has 0 unspecified atom stereocenters. The summed E-state index contributed by atoms with van der Waals surface area (Å²) in [5.74, 6) is -0.375. The minimum atomic E-state index is -1.05. The van der Waals surface area contributed by atoms with Gasteiger partial charge in [-0.2, -0.15) is 11.8 Å². The number of hydrogen-bond donors (Lipinski definition) is 3. The number of carbonyl (C=O) groups excluding carboxylic acids is 1. The van der Waals surface area contributed by atoms with Gasteiger partial charge in [0.25, 0.3) is 0 Å². The van der Waals surface area contributed by atoms with Crippen molar-refractivity contribution in [1.29, 1.82) is 0 Å². The van der Waals surface area contributed by atoms with Crippen molar-refractivity contribution in [3.63, 3.8) is 0 Å². The van der Waals surface area contributed by atoms with Crippen LogP contribution in [0.25, 0.3) is 0 Å². The maximum atomic E-state index is 10.5. The fraction of sp³-hybridized carbons (Fsp3) is 0.667. The van der Waals surface area contributed by atoms with E-state index >= 15 is 0 Å². The smallest absolute Gasteiger partial charge is 0.326 e. The number of nitrogens with one attached hydrogen (secondary N) is 1. The topological polar surface area (TPSA) is 92.4 Å². The minimum Gasteiger partial charge on any atom is -0.480 e. The molecule has 70 valence electrons. The number of urea groups is 1. The maximum absolute atomic E-state index is 10.5. The summed E-state index contributed by atoms with van der Waals surface area (Å²) in [7, 11) is 0. The van der Waals surface area contributed by atoms with Gasteiger partial charge in [-0.3, -0.25) is 0 Å². The molecule has 0 aliphatic carbocycles. The van der Waals surface area contributed by atoms with E-state index in [4.69, 9.17) is 10.8 Å². The normalized spacial score (nSPS) is 12.1. The second-order valence-corrected chi connectivity index (χ2v) is 3.17. The molecular formula is C6H12N2O3S. The lowest BCUT2D eigenvalue weighted by Crippen LogP contribution is -2.43. The van der Waals surface area contributed by atoms with Gasteiger partial charge in [0.1, 0.15) is 6.04 Å². The summed E-state index contributed by atoms with van der Waals surface area (Å²) >= 11 is 1.52. The van der Waals surface area contributed by atoms with Crippen molar-refractivity contribution in [2.75, 3.05) is 12.0 Å². The number of rotatable bonds is 5. The van der Waals surface area contributed by atoms with E-state index in [1.165, 1.54) is 11.8 Å². The molecule has 0 bridgehead atoms. The number of aliphatic carboxylic acids is 1. The van der Waals surface area contributed by atoms with Crippen molar-refractivity contribution < 1.29 is 14.7 Å². The zero-order valence-corrected chi connectivity index (χ0v) is 7.56. The molecule has 12 heavy (non-hydrogen) atoms. The molecular weight excluding hydrogens is 180 g/mol. The van der Waals surface area contributed by atoms with Gasteiger partial charge in [0.2, 0.25) is 0 Å². The van der Waals surface area contributed by atoms with Crippen LogP contribution in [0.5, 0.6) is 0 Å². The van der Waals surface area contributed by atoms with Crippen molar-refractivity contribution in [2.24, 2.45) is 5.73 Å². The number of primary amides is 1. The van der Waals surface area contributed by atoms with E-state index in [0.29, 0.717) is 12.2 Å². The largest absolute Gasteiger partial charge is 0.480 e. The monoisotopic (exact) mass is 192 g/mol. The molecule has 0 saturated carbocycles. The molecule has 0 aliphatic rings. The van der Waals surface area contributed by atoms with E-state index in [-0.39, 0.29) is 0 Å². The van der Waals surface area contributed by atoms with Crippen molar-refractivity contribution >= 4 is 23.8 Å². The van der Waals surface area contributed by atoms with E-state index in [9.17, 15) is 9.59 Å². The van der Waals surface area contributed by atoms with Gasteiger partial charge < -0.3 is 16.2 Å². The van der Waals surface area contributed by atoms with Gasteiger partial charge in [0.05, 0.1) is 0 Å². The van der Waals surface area contributed by atoms with Crippen LogP contribution in [0.4, 0.5) is 4.79 Å². The first-order valence-electron chi connectivity index (χ1n) is 3.35. The third-order valence-corrected chi connectivity index (χ3v) is 1.87. The van der Waals surface area contributed by atoms with Gasteiger partial charge >= 0.3 is 12.0 Å². The Bertz CT molecular complexity index is 174. The van der Waals surface area contributed by atoms with E-state index < -0.39 is 18.0 Å². The molecule has 0 radical (unpaired) electrons. The zero-order valence-electron chi connectivity index (χ0n) is 6.74. The molecule has 0 aromatic heterocycles. The van der Waals surface area contributed by atoms with Crippen LogP contribution in [0.2, 0.25) is 0 Å². The van der Waals surface area contributed by atoms with Gasteiger partial charge in [-0.15, -0.1) is 0 Å². The Hall–Kier alpha value is -0.910. The van der Waals surface area contributed by atoms with Crippen molar-refractivity contribution in [1.82, 2.24) is 5.32 Å². The fourth-order valence-electron chi connectivity index (χ4n) is 0.665. The lowest BCUT2D eigenvalue weighted by Gasteiger charge is -2.11. The average Bonchev–Trinajstić information content (AvgIpc) is 1.96. The lowest BCUT2D eigenvalue weighted by molar-refractivity contribution is -0.139. The Kier molecular flexibility index (Phi) is 5.27. The van der Waals surface area contributed by atoms with E-state index in [1.807, 2.05) is 6.26 Å². The third kappa shape index (κ3) is 4.84. The molecule has 0 fully saturated rings. The summed E-state index contributed by atoms with van der Waals surface area (Å²) < 4.78 is 0. The predicted molar refractivity (Wildman–Crippen MR) is 47.1 cm³/mol.